The van der Waals surface area contributed by atoms with Crippen molar-refractivity contribution in [3.05, 3.63) is 0 Å². The second-order valence-corrected chi connectivity index (χ2v) is 32.1. The number of alkyl halides is 7. The second-order valence-electron chi connectivity index (χ2n) is 31.5. The van der Waals surface area contributed by atoms with Crippen molar-refractivity contribution >= 4 is 82.5 Å². The quantitative estimate of drug-likeness (QED) is 0.0856. The number of piperidine rings is 1. The molecule has 0 aromatic heterocycles. The first-order valence-electron chi connectivity index (χ1n) is 38.4. The van der Waals surface area contributed by atoms with Gasteiger partial charge in [0.1, 0.15) is 48.4 Å². The maximum Gasteiger partial charge on any atom is 0.411 e. The van der Waals surface area contributed by atoms with Crippen LogP contribution in [0.25, 0.3) is 0 Å². The van der Waals surface area contributed by atoms with Crippen LogP contribution in [0.1, 0.15) is 195 Å². The summed E-state index contributed by atoms with van der Waals surface area (Å²) < 4.78 is 88.1. The molecule has 12 amide bonds. The number of nitrogens with one attached hydrogen (secondary N) is 3. The van der Waals surface area contributed by atoms with E-state index in [4.69, 9.17) is 16.3 Å². The van der Waals surface area contributed by atoms with Gasteiger partial charge in [-0.25, -0.2) is 0 Å². The van der Waals surface area contributed by atoms with E-state index in [1.54, 1.807) is 11.8 Å². The molecule has 4 aliphatic carbocycles. The van der Waals surface area contributed by atoms with E-state index in [0.717, 1.165) is 64.5 Å². The van der Waals surface area contributed by atoms with Crippen LogP contribution in [0.3, 0.4) is 0 Å². The molecule has 1 spiro atoms. The Hall–Kier alpha value is -6.53. The molecule has 602 valence electrons. The molecule has 0 bridgehead atoms. The summed E-state index contributed by atoms with van der Waals surface area (Å²) in [5.41, 5.74) is -1.75. The van der Waals surface area contributed by atoms with Gasteiger partial charge in [-0.1, -0.05) is 98.3 Å². The molecule has 3 N–H and O–H groups in total. The predicted molar refractivity (Wildman–Crippen MR) is 383 cm³/mol. The topological polar surface area (TPSA) is 279 Å². The Balaban J connectivity index is 1.46. The minimum absolute atomic E-state index is 0.0140. The molecule has 25 nitrogen and oxygen atoms in total. The number of carbonyl (C=O) groups is 12. The van der Waals surface area contributed by atoms with Crippen LogP contribution in [0.4, 0.5) is 26.3 Å². The Bertz CT molecular complexity index is 3020. The van der Waals surface area contributed by atoms with Crippen LogP contribution in [-0.4, -0.2) is 283 Å². The average molecular weight is 1530 g/mol. The molecule has 0 aromatic carbocycles. The number of hydrogen-bond donors (Lipinski definition) is 3. The minimum Gasteiger partial charge on any atom is -0.370 e. The molecule has 6 aliphatic rings. The van der Waals surface area contributed by atoms with E-state index in [2.05, 4.69) is 16.0 Å². The van der Waals surface area contributed by atoms with Gasteiger partial charge >= 0.3 is 12.4 Å². The van der Waals surface area contributed by atoms with Gasteiger partial charge in [0.15, 0.2) is 0 Å². The summed E-state index contributed by atoms with van der Waals surface area (Å²) in [4.78, 5) is 190. The van der Waals surface area contributed by atoms with E-state index < -0.39 is 206 Å². The van der Waals surface area contributed by atoms with Crippen LogP contribution >= 0.6 is 11.6 Å². The van der Waals surface area contributed by atoms with Gasteiger partial charge in [-0.2, -0.15) is 26.3 Å². The SMILES string of the molecule is CC[C@H](C)[C@@H]1NC(=O)[C@H](CC(C)C)N(C)C(=O)C[C@@H](C(=O)N2CCCCC2)N(C)C(=O)[C@H](C2CCCCC2)N(C)C(=O)C2(CCCC2)NC(=O)CN(CCOCC(F)(F)F)C(=O)[C@H](CCC2CCC(C(F)(F)F)C(Cl)C2)NC(=O)CN(C)C(=O)[C@H](CC2CCCCC2)N(C)C(=O)CN(C)C(=O)CN(C)C1=O. The van der Waals surface area contributed by atoms with Crippen LogP contribution in [0.2, 0.25) is 0 Å². The highest BCUT2D eigenvalue weighted by atomic mass is 35.5. The second kappa shape index (κ2) is 40.2. The lowest BCUT2D eigenvalue weighted by Gasteiger charge is -2.43. The van der Waals surface area contributed by atoms with Crippen molar-refractivity contribution in [3.8, 4) is 0 Å². The third-order valence-electron chi connectivity index (χ3n) is 23.0. The van der Waals surface area contributed by atoms with Crippen LogP contribution in [-0.2, 0) is 62.3 Å². The summed E-state index contributed by atoms with van der Waals surface area (Å²) in [7, 11) is 9.63. The van der Waals surface area contributed by atoms with Crippen LogP contribution in [0.5, 0.6) is 0 Å². The molecule has 2 heterocycles. The number of carbonyl (C=O) groups excluding carboxylic acids is 12. The maximum absolute atomic E-state index is 15.8. The molecule has 0 radical (unpaired) electrons. The molecule has 2 saturated heterocycles. The number of rotatable bonds is 15. The zero-order valence-corrected chi connectivity index (χ0v) is 65.0. The highest BCUT2D eigenvalue weighted by molar-refractivity contribution is 6.21. The first-order valence-corrected chi connectivity index (χ1v) is 38.9. The molecule has 106 heavy (non-hydrogen) atoms. The van der Waals surface area contributed by atoms with Crippen molar-refractivity contribution in [2.45, 2.75) is 254 Å². The predicted octanol–water partition coefficient (Wildman–Crippen LogP) is 6.90. The maximum atomic E-state index is 15.8. The number of hydrogen-bond acceptors (Lipinski definition) is 13. The Morgan fingerprint density at radius 3 is 1.76 bits per heavy atom. The largest absolute Gasteiger partial charge is 0.411 e. The van der Waals surface area contributed by atoms with Gasteiger partial charge in [0.25, 0.3) is 0 Å². The third-order valence-corrected chi connectivity index (χ3v) is 23.5. The van der Waals surface area contributed by atoms with E-state index in [0.29, 0.717) is 70.9 Å². The number of likely N-dealkylation sites (tertiary alicyclic amines) is 1. The molecule has 0 aromatic rings. The standard InChI is InChI=1S/C74H119ClF6N12O13/c1-12-48(4)63-69(103)87(7)44-61(97)85(5)45-62(98)89(9)56(40-49-24-16-13-17-25-49)67(101)86(6)42-58(94)82-54(31-29-50-28-30-52(53(75)39-50)74(79,80)81)66(100)93(36-37-106-46-73(76,77)78)43-59(95)84-72(32-20-21-33-72)71(105)91(11)64(51-26-18-14-19-27-51)70(104)90(10)57(68(102)92-34-22-15-23-35-92)41-60(96)88(8)55(38-47(2)3)65(99)83-63/h47-57,63-64H,12-46H2,1-11H3,(H,82,94)(H,83,99)(H,84,95)/t48-,50?,52?,53?,54-,55-,56-,57-,63-,64-/m0/s1. The molecule has 6 fully saturated rings. The highest BCUT2D eigenvalue weighted by Crippen LogP contribution is 2.44. The molecule has 6 rings (SSSR count). The monoisotopic (exact) mass is 1530 g/mol. The Kier molecular flexibility index (Phi) is 33.5. The number of likely N-dealkylation sites (N-methyl/N-ethyl adjacent to an activating group) is 7. The Labute approximate surface area is 626 Å². The van der Waals surface area contributed by atoms with E-state index in [1.807, 2.05) is 20.8 Å². The number of ether oxygens (including phenoxy) is 1. The summed E-state index contributed by atoms with van der Waals surface area (Å²) in [5, 5.41) is 7.06. The number of nitrogens with zero attached hydrogens (tertiary/aromatic N) is 9. The summed E-state index contributed by atoms with van der Waals surface area (Å²) >= 11 is 6.37. The lowest BCUT2D eigenvalue weighted by molar-refractivity contribution is -0.182. The van der Waals surface area contributed by atoms with E-state index in [1.165, 1.54) is 68.9 Å². The first kappa shape index (κ1) is 88.4. The molecule has 2 aliphatic heterocycles. The fourth-order valence-corrected chi connectivity index (χ4v) is 16.9. The van der Waals surface area contributed by atoms with Crippen molar-refractivity contribution in [3.63, 3.8) is 0 Å². The lowest BCUT2D eigenvalue weighted by atomic mass is 9.78. The van der Waals surface area contributed by atoms with Crippen molar-refractivity contribution in [2.24, 2.45) is 35.5 Å². The third kappa shape index (κ3) is 24.7. The van der Waals surface area contributed by atoms with Gasteiger partial charge in [0.2, 0.25) is 70.9 Å². The normalized spacial score (nSPS) is 28.0. The van der Waals surface area contributed by atoms with Gasteiger partial charge in [0, 0.05) is 74.3 Å². The van der Waals surface area contributed by atoms with Crippen LogP contribution in [0.15, 0.2) is 0 Å². The fourth-order valence-electron chi connectivity index (χ4n) is 16.3. The van der Waals surface area contributed by atoms with Crippen molar-refractivity contribution in [1.29, 1.82) is 0 Å². The molecular formula is C74H119ClF6N12O13. The molecule has 32 heteroatoms. The summed E-state index contributed by atoms with van der Waals surface area (Å²) in [6, 6.07) is -8.08. The van der Waals surface area contributed by atoms with Gasteiger partial charge in [-0.3, -0.25) is 57.5 Å². The van der Waals surface area contributed by atoms with Gasteiger partial charge in [-0.15, -0.1) is 11.6 Å². The molecular weight excluding hydrogens is 1410 g/mol. The minimum atomic E-state index is -4.83. The average Bonchev–Trinajstić information content (AvgIpc) is 1.44. The Morgan fingerprint density at radius 2 is 1.18 bits per heavy atom. The molecule has 4 saturated carbocycles. The van der Waals surface area contributed by atoms with Gasteiger partial charge < -0.3 is 64.8 Å². The molecule has 10 atom stereocenters. The zero-order chi connectivity index (χ0) is 78.7. The zero-order valence-electron chi connectivity index (χ0n) is 64.2. The molecule has 3 unspecified atom stereocenters. The van der Waals surface area contributed by atoms with Crippen LogP contribution < -0.4 is 16.0 Å². The number of halogens is 7. The van der Waals surface area contributed by atoms with Crippen LogP contribution in [0, 0.1) is 35.5 Å². The van der Waals surface area contributed by atoms with Crippen molar-refractivity contribution < 1.29 is 88.6 Å². The lowest BCUT2D eigenvalue weighted by Crippen LogP contribution is -2.64. The summed E-state index contributed by atoms with van der Waals surface area (Å²) in [6.07, 6.45) is -0.00630. The summed E-state index contributed by atoms with van der Waals surface area (Å²) in [5.74, 6) is -12.6. The van der Waals surface area contributed by atoms with E-state index in [9.17, 15) is 59.9 Å². The fraction of sp³-hybridized carbons (Fsp3) is 0.838. The number of amides is 12. The summed E-state index contributed by atoms with van der Waals surface area (Å²) in [6.45, 7) is 1.81. The van der Waals surface area contributed by atoms with Crippen molar-refractivity contribution in [1.82, 2.24) is 60.0 Å². The van der Waals surface area contributed by atoms with E-state index in [-0.39, 0.29) is 69.6 Å². The van der Waals surface area contributed by atoms with E-state index >= 15 is 24.0 Å². The first-order chi connectivity index (χ1) is 49.8. The van der Waals surface area contributed by atoms with Gasteiger partial charge in [0.05, 0.1) is 45.1 Å². The Morgan fingerprint density at radius 1 is 0.594 bits per heavy atom. The highest BCUT2D eigenvalue weighted by Gasteiger charge is 2.51. The van der Waals surface area contributed by atoms with Gasteiger partial charge in [-0.05, 0) is 119 Å². The smallest absolute Gasteiger partial charge is 0.370 e. The van der Waals surface area contributed by atoms with Crippen molar-refractivity contribution in [2.75, 3.05) is 108 Å².